The Balaban J connectivity index is 1.57. The van der Waals surface area contributed by atoms with E-state index in [-0.39, 0.29) is 10.8 Å². The van der Waals surface area contributed by atoms with Crippen LogP contribution in [0.5, 0.6) is 5.75 Å². The molecule has 2 heterocycles. The van der Waals surface area contributed by atoms with Crippen molar-refractivity contribution in [2.75, 3.05) is 36.0 Å². The van der Waals surface area contributed by atoms with Gasteiger partial charge in [0.2, 0.25) is 0 Å². The van der Waals surface area contributed by atoms with Gasteiger partial charge in [-0.15, -0.1) is 0 Å². The number of rotatable bonds is 7. The normalized spacial score (nSPS) is 21.6. The highest BCUT2D eigenvalue weighted by Crippen LogP contribution is 2.40. The molecule has 0 aliphatic carbocycles. The number of alkyl halides is 3. The van der Waals surface area contributed by atoms with Gasteiger partial charge in [-0.05, 0) is 88.3 Å². The van der Waals surface area contributed by atoms with Crippen molar-refractivity contribution in [2.24, 2.45) is 0 Å². The SMILES string of the molecule is CCc1cc(N2C(=S)N(c3ccc(C#N)c(C(F)(F)F)c3)C(=O)C2(C)C)ccc1OCCN1C[C@@H](C)N[C@H](C)C1. The fraction of sp³-hybridized carbons (Fsp3) is 0.483. The number of thiocarbonyl (C=S) groups is 1. The van der Waals surface area contributed by atoms with Crippen molar-refractivity contribution < 1.29 is 22.7 Å². The van der Waals surface area contributed by atoms with Crippen LogP contribution in [0.4, 0.5) is 24.5 Å². The molecule has 0 radical (unpaired) electrons. The molecule has 0 unspecified atom stereocenters. The number of nitriles is 1. The van der Waals surface area contributed by atoms with Gasteiger partial charge in [-0.1, -0.05) is 6.92 Å². The summed E-state index contributed by atoms with van der Waals surface area (Å²) in [5, 5.41) is 12.7. The summed E-state index contributed by atoms with van der Waals surface area (Å²) in [6.07, 6.45) is -4.08. The highest BCUT2D eigenvalue weighted by atomic mass is 32.1. The first-order chi connectivity index (χ1) is 18.8. The number of nitrogens with one attached hydrogen (secondary N) is 1. The van der Waals surface area contributed by atoms with Crippen LogP contribution >= 0.6 is 12.2 Å². The van der Waals surface area contributed by atoms with E-state index in [2.05, 4.69) is 24.1 Å². The second-order valence-corrected chi connectivity index (χ2v) is 11.2. The third kappa shape index (κ3) is 5.80. The van der Waals surface area contributed by atoms with Crippen molar-refractivity contribution in [1.82, 2.24) is 10.2 Å². The number of hydrogen-bond acceptors (Lipinski definition) is 6. The highest BCUT2D eigenvalue weighted by Gasteiger charge is 2.50. The number of ether oxygens (including phenoxy) is 1. The van der Waals surface area contributed by atoms with Crippen LogP contribution in [0, 0.1) is 11.3 Å². The van der Waals surface area contributed by atoms with Gasteiger partial charge in [-0.2, -0.15) is 18.4 Å². The molecule has 0 spiro atoms. The van der Waals surface area contributed by atoms with E-state index in [0.717, 1.165) is 48.0 Å². The molecule has 4 rings (SSSR count). The first-order valence-electron chi connectivity index (χ1n) is 13.3. The maximum Gasteiger partial charge on any atom is 0.417 e. The summed E-state index contributed by atoms with van der Waals surface area (Å²) in [6.45, 7) is 13.0. The van der Waals surface area contributed by atoms with Crippen LogP contribution in [-0.4, -0.2) is 59.8 Å². The molecular formula is C29H34F3N5O2S. The number of carbonyl (C=O) groups excluding carboxylic acids is 1. The van der Waals surface area contributed by atoms with E-state index in [0.29, 0.717) is 30.8 Å². The van der Waals surface area contributed by atoms with E-state index in [4.69, 9.17) is 22.2 Å². The molecule has 1 amide bonds. The summed E-state index contributed by atoms with van der Waals surface area (Å²) in [5.74, 6) is 0.281. The molecule has 2 aromatic carbocycles. The Morgan fingerprint density at radius 3 is 2.38 bits per heavy atom. The molecule has 214 valence electrons. The third-order valence-corrected chi connectivity index (χ3v) is 7.70. The van der Waals surface area contributed by atoms with E-state index in [1.54, 1.807) is 24.8 Å². The average molecular weight is 574 g/mol. The molecule has 0 aromatic heterocycles. The Hall–Kier alpha value is -3.20. The van der Waals surface area contributed by atoms with Gasteiger partial charge in [-0.3, -0.25) is 14.6 Å². The fourth-order valence-electron chi connectivity index (χ4n) is 5.49. The Morgan fingerprint density at radius 2 is 1.77 bits per heavy atom. The molecule has 2 aliphatic heterocycles. The summed E-state index contributed by atoms with van der Waals surface area (Å²) >= 11 is 5.67. The van der Waals surface area contributed by atoms with Crippen LogP contribution in [0.2, 0.25) is 0 Å². The molecule has 7 nitrogen and oxygen atoms in total. The minimum Gasteiger partial charge on any atom is -0.492 e. The second kappa shape index (κ2) is 11.4. The lowest BCUT2D eigenvalue weighted by molar-refractivity contribution is -0.137. The van der Waals surface area contributed by atoms with Crippen LogP contribution in [0.3, 0.4) is 0 Å². The molecule has 2 aromatic rings. The van der Waals surface area contributed by atoms with E-state index >= 15 is 0 Å². The Bertz CT molecular complexity index is 1330. The molecule has 11 heteroatoms. The number of carbonyl (C=O) groups is 1. The third-order valence-electron chi connectivity index (χ3n) is 7.34. The Labute approximate surface area is 238 Å². The van der Waals surface area contributed by atoms with E-state index < -0.39 is 28.7 Å². The number of hydrogen-bond donors (Lipinski definition) is 1. The molecule has 2 atom stereocenters. The van der Waals surface area contributed by atoms with Gasteiger partial charge >= 0.3 is 6.18 Å². The first-order valence-corrected chi connectivity index (χ1v) is 13.7. The van der Waals surface area contributed by atoms with Crippen molar-refractivity contribution in [3.63, 3.8) is 0 Å². The number of halogens is 3. The van der Waals surface area contributed by atoms with Gasteiger partial charge in [0.25, 0.3) is 5.91 Å². The fourth-order valence-corrected chi connectivity index (χ4v) is 6.01. The monoisotopic (exact) mass is 573 g/mol. The van der Waals surface area contributed by atoms with Gasteiger partial charge in [0.1, 0.15) is 17.9 Å². The zero-order valence-corrected chi connectivity index (χ0v) is 24.1. The van der Waals surface area contributed by atoms with Gasteiger partial charge in [0, 0.05) is 37.4 Å². The van der Waals surface area contributed by atoms with Crippen molar-refractivity contribution in [1.29, 1.82) is 5.26 Å². The van der Waals surface area contributed by atoms with E-state index in [9.17, 15) is 18.0 Å². The van der Waals surface area contributed by atoms with Crippen LogP contribution in [0.15, 0.2) is 36.4 Å². The summed E-state index contributed by atoms with van der Waals surface area (Å²) in [7, 11) is 0. The molecule has 0 saturated carbocycles. The second-order valence-electron chi connectivity index (χ2n) is 10.9. The maximum absolute atomic E-state index is 13.6. The van der Waals surface area contributed by atoms with Gasteiger partial charge in [0.15, 0.2) is 5.11 Å². The lowest BCUT2D eigenvalue weighted by Gasteiger charge is -2.36. The Morgan fingerprint density at radius 1 is 1.12 bits per heavy atom. The highest BCUT2D eigenvalue weighted by molar-refractivity contribution is 7.81. The molecule has 2 saturated heterocycles. The number of anilines is 2. The number of aryl methyl sites for hydroxylation is 1. The van der Waals surface area contributed by atoms with Crippen molar-refractivity contribution in [2.45, 2.75) is 64.8 Å². The van der Waals surface area contributed by atoms with Gasteiger partial charge in [-0.25, -0.2) is 0 Å². The molecule has 40 heavy (non-hydrogen) atoms. The Kier molecular flexibility index (Phi) is 8.45. The quantitative estimate of drug-likeness (QED) is 0.461. The minimum atomic E-state index is -4.76. The van der Waals surface area contributed by atoms with Crippen LogP contribution in [0.25, 0.3) is 0 Å². The molecule has 0 bridgehead atoms. The van der Waals surface area contributed by atoms with E-state index in [1.807, 2.05) is 25.1 Å². The maximum atomic E-state index is 13.6. The smallest absolute Gasteiger partial charge is 0.417 e. The molecule has 2 fully saturated rings. The summed E-state index contributed by atoms with van der Waals surface area (Å²) in [6, 6.07) is 11.2. The van der Waals surface area contributed by atoms with Crippen molar-refractivity contribution in [3.8, 4) is 11.8 Å². The number of amides is 1. The molecule has 2 aliphatic rings. The van der Waals surface area contributed by atoms with E-state index in [1.165, 1.54) is 6.07 Å². The van der Waals surface area contributed by atoms with Gasteiger partial charge in [0.05, 0.1) is 22.9 Å². The lowest BCUT2D eigenvalue weighted by Crippen LogP contribution is -2.54. The lowest BCUT2D eigenvalue weighted by atomic mass is 10.0. The first kappa shape index (κ1) is 29.8. The largest absolute Gasteiger partial charge is 0.492 e. The number of benzene rings is 2. The number of piperazine rings is 1. The van der Waals surface area contributed by atoms with Gasteiger partial charge < -0.3 is 15.0 Å². The van der Waals surface area contributed by atoms with Crippen LogP contribution < -0.4 is 19.9 Å². The zero-order chi connectivity index (χ0) is 29.4. The predicted molar refractivity (Wildman–Crippen MR) is 153 cm³/mol. The zero-order valence-electron chi connectivity index (χ0n) is 23.3. The molecule has 1 N–H and O–H groups in total. The molecular weight excluding hydrogens is 539 g/mol. The summed E-state index contributed by atoms with van der Waals surface area (Å²) in [4.78, 5) is 18.7. The van der Waals surface area contributed by atoms with Crippen LogP contribution in [-0.2, 0) is 17.4 Å². The standard InChI is InChI=1S/C29H34F3N5O2S/c1-6-20-13-23(9-10-25(20)39-12-11-35-16-18(2)34-19(3)17-35)37-27(40)36(26(38)28(37,4)5)22-8-7-21(15-33)24(14-22)29(30,31)32/h7-10,13-14,18-19,34H,6,11-12,16-17H2,1-5H3/t18-,19-/m1/s1. The van der Waals surface area contributed by atoms with Crippen molar-refractivity contribution >= 4 is 34.6 Å². The predicted octanol–water partition coefficient (Wildman–Crippen LogP) is 5.12. The summed E-state index contributed by atoms with van der Waals surface area (Å²) in [5.41, 5.74) is -1.25. The number of nitrogens with zero attached hydrogens (tertiary/aromatic N) is 4. The average Bonchev–Trinajstić information content (AvgIpc) is 3.06. The van der Waals surface area contributed by atoms with Crippen molar-refractivity contribution in [3.05, 3.63) is 53.1 Å². The topological polar surface area (TPSA) is 71.8 Å². The minimum absolute atomic E-state index is 0.0379. The van der Waals surface area contributed by atoms with Crippen LogP contribution in [0.1, 0.15) is 51.3 Å². The summed E-state index contributed by atoms with van der Waals surface area (Å²) < 4.78 is 47.0.